The van der Waals surface area contributed by atoms with Gasteiger partial charge in [0.15, 0.2) is 0 Å². The number of thiophene rings is 1. The molecule has 2 aromatic heterocycles. The normalized spacial score (nSPS) is 16.4. The Labute approximate surface area is 189 Å². The Hall–Kier alpha value is -3.19. The predicted octanol–water partition coefficient (Wildman–Crippen LogP) is 5.29. The Morgan fingerprint density at radius 2 is 2.00 bits per heavy atom. The van der Waals surface area contributed by atoms with Gasteiger partial charge < -0.3 is 15.2 Å². The highest BCUT2D eigenvalue weighted by atomic mass is 32.1. The maximum atomic E-state index is 13.5. The van der Waals surface area contributed by atoms with Crippen LogP contribution in [0, 0.1) is 5.82 Å². The molecule has 0 radical (unpaired) electrons. The molecule has 2 N–H and O–H groups in total. The number of H-pyrrole nitrogens is 1. The van der Waals surface area contributed by atoms with E-state index in [4.69, 9.17) is 0 Å². The van der Waals surface area contributed by atoms with E-state index in [9.17, 15) is 14.0 Å². The number of aromatic amines is 1. The number of aromatic nitrogens is 1. The maximum Gasteiger partial charge on any atom is 0.270 e. The van der Waals surface area contributed by atoms with E-state index in [-0.39, 0.29) is 29.6 Å². The number of likely N-dealkylation sites (tertiary alicyclic amines) is 1. The highest BCUT2D eigenvalue weighted by Crippen LogP contribution is 2.40. The van der Waals surface area contributed by atoms with Crippen LogP contribution in [0.25, 0.3) is 21.0 Å². The van der Waals surface area contributed by atoms with Crippen molar-refractivity contribution in [2.24, 2.45) is 0 Å². The van der Waals surface area contributed by atoms with E-state index in [1.54, 1.807) is 12.1 Å². The van der Waals surface area contributed by atoms with Gasteiger partial charge in [0.05, 0.1) is 4.88 Å². The maximum absolute atomic E-state index is 13.5. The van der Waals surface area contributed by atoms with Crippen LogP contribution in [0.15, 0.2) is 48.5 Å². The van der Waals surface area contributed by atoms with Crippen molar-refractivity contribution >= 4 is 44.1 Å². The molecule has 5 rings (SSSR count). The summed E-state index contributed by atoms with van der Waals surface area (Å²) in [7, 11) is 0. The molecule has 4 aromatic rings. The Kier molecular flexibility index (Phi) is 5.21. The largest absolute Gasteiger partial charge is 0.351 e. The SMILES string of the molecule is CC(C)NC(=O)c1sc2ccccc2c1[C@@H]1CCN(C(=O)c2cc3cc(F)ccc3[nH]2)C1. The van der Waals surface area contributed by atoms with E-state index in [2.05, 4.69) is 16.4 Å². The van der Waals surface area contributed by atoms with Crippen molar-refractivity contribution in [3.8, 4) is 0 Å². The fraction of sp³-hybridized carbons (Fsp3) is 0.280. The number of fused-ring (bicyclic) bond motifs is 2. The molecule has 2 amide bonds. The number of rotatable bonds is 4. The van der Waals surface area contributed by atoms with Gasteiger partial charge in [-0.05, 0) is 61.5 Å². The van der Waals surface area contributed by atoms with Crippen molar-refractivity contribution in [1.82, 2.24) is 15.2 Å². The highest BCUT2D eigenvalue weighted by molar-refractivity contribution is 7.21. The molecule has 0 saturated carbocycles. The first-order chi connectivity index (χ1) is 15.4. The van der Waals surface area contributed by atoms with Crippen LogP contribution in [0.1, 0.15) is 51.9 Å². The van der Waals surface area contributed by atoms with Crippen molar-refractivity contribution in [2.75, 3.05) is 13.1 Å². The number of nitrogens with zero attached hydrogens (tertiary/aromatic N) is 1. The summed E-state index contributed by atoms with van der Waals surface area (Å²) in [5.41, 5.74) is 2.24. The quantitative estimate of drug-likeness (QED) is 0.445. The molecule has 0 aliphatic carbocycles. The fourth-order valence-corrected chi connectivity index (χ4v) is 5.73. The number of nitrogens with one attached hydrogen (secondary N) is 2. The van der Waals surface area contributed by atoms with Crippen LogP contribution in [0.3, 0.4) is 0 Å². The van der Waals surface area contributed by atoms with E-state index in [1.165, 1.54) is 23.5 Å². The minimum absolute atomic E-state index is 0.0501. The summed E-state index contributed by atoms with van der Waals surface area (Å²) in [5.74, 6) is -0.395. The Morgan fingerprint density at radius 3 is 2.81 bits per heavy atom. The first-order valence-electron chi connectivity index (χ1n) is 10.8. The topological polar surface area (TPSA) is 65.2 Å². The summed E-state index contributed by atoms with van der Waals surface area (Å²) < 4.78 is 14.6. The van der Waals surface area contributed by atoms with Gasteiger partial charge in [-0.3, -0.25) is 9.59 Å². The molecule has 1 saturated heterocycles. The van der Waals surface area contributed by atoms with Crippen molar-refractivity contribution < 1.29 is 14.0 Å². The highest BCUT2D eigenvalue weighted by Gasteiger charge is 2.33. The summed E-state index contributed by atoms with van der Waals surface area (Å²) in [6.07, 6.45) is 0.795. The lowest BCUT2D eigenvalue weighted by Crippen LogP contribution is -2.31. The van der Waals surface area contributed by atoms with E-state index in [0.29, 0.717) is 24.2 Å². The van der Waals surface area contributed by atoms with E-state index >= 15 is 0 Å². The summed E-state index contributed by atoms with van der Waals surface area (Å²) in [6, 6.07) is 14.3. The van der Waals surface area contributed by atoms with Crippen LogP contribution in [0.2, 0.25) is 0 Å². The van der Waals surface area contributed by atoms with Crippen LogP contribution in [0.5, 0.6) is 0 Å². The first kappa shape index (κ1) is 20.7. The van der Waals surface area contributed by atoms with Gasteiger partial charge in [0.2, 0.25) is 0 Å². The zero-order chi connectivity index (χ0) is 22.4. The molecule has 7 heteroatoms. The third-order valence-electron chi connectivity index (χ3n) is 5.96. The van der Waals surface area contributed by atoms with Gasteiger partial charge in [-0.1, -0.05) is 18.2 Å². The van der Waals surface area contributed by atoms with Crippen molar-refractivity contribution in [2.45, 2.75) is 32.2 Å². The van der Waals surface area contributed by atoms with Crippen molar-refractivity contribution in [3.63, 3.8) is 0 Å². The molecular weight excluding hydrogens is 425 g/mol. The smallest absolute Gasteiger partial charge is 0.270 e. The van der Waals surface area contributed by atoms with E-state index in [0.717, 1.165) is 32.5 Å². The van der Waals surface area contributed by atoms with E-state index < -0.39 is 0 Å². The van der Waals surface area contributed by atoms with Gasteiger partial charge >= 0.3 is 0 Å². The second-order valence-electron chi connectivity index (χ2n) is 8.62. The van der Waals surface area contributed by atoms with Crippen molar-refractivity contribution in [3.05, 3.63) is 70.5 Å². The third kappa shape index (κ3) is 3.66. The molecule has 32 heavy (non-hydrogen) atoms. The second-order valence-corrected chi connectivity index (χ2v) is 9.67. The summed E-state index contributed by atoms with van der Waals surface area (Å²) >= 11 is 1.51. The lowest BCUT2D eigenvalue weighted by molar-refractivity contribution is 0.0786. The number of amides is 2. The van der Waals surface area contributed by atoms with Gasteiger partial charge in [-0.2, -0.15) is 0 Å². The van der Waals surface area contributed by atoms with Crippen LogP contribution < -0.4 is 5.32 Å². The zero-order valence-corrected chi connectivity index (χ0v) is 18.8. The van der Waals surface area contributed by atoms with Gasteiger partial charge in [0, 0.05) is 40.7 Å². The molecule has 5 nitrogen and oxygen atoms in total. The number of benzene rings is 2. The molecule has 0 unspecified atom stereocenters. The fourth-order valence-electron chi connectivity index (χ4n) is 4.54. The number of carbonyl (C=O) groups is 2. The standard InChI is InChI=1S/C25H24FN3O2S/c1-14(2)27-24(30)23-22(18-5-3-4-6-21(18)32-23)15-9-10-29(13-15)25(31)20-12-16-11-17(26)7-8-19(16)28-20/h3-8,11-12,14-15,28H,9-10,13H2,1-2H3,(H,27,30)/t15-/m1/s1. The molecule has 3 heterocycles. The van der Waals surface area contributed by atoms with Gasteiger partial charge in [-0.25, -0.2) is 4.39 Å². The number of hydrogen-bond acceptors (Lipinski definition) is 3. The Balaban J connectivity index is 1.44. The van der Waals surface area contributed by atoms with Crippen LogP contribution in [-0.2, 0) is 0 Å². The molecule has 0 bridgehead atoms. The molecular formula is C25H24FN3O2S. The minimum Gasteiger partial charge on any atom is -0.351 e. The van der Waals surface area contributed by atoms with Gasteiger partial charge in [0.25, 0.3) is 11.8 Å². The van der Waals surface area contributed by atoms with E-state index in [1.807, 2.05) is 36.9 Å². The molecule has 1 fully saturated rings. The number of hydrogen-bond donors (Lipinski definition) is 2. The monoisotopic (exact) mass is 449 g/mol. The zero-order valence-electron chi connectivity index (χ0n) is 17.9. The van der Waals surface area contributed by atoms with Crippen molar-refractivity contribution in [1.29, 1.82) is 0 Å². The lowest BCUT2D eigenvalue weighted by Gasteiger charge is -2.17. The van der Waals surface area contributed by atoms with Gasteiger partial charge in [0.1, 0.15) is 11.5 Å². The summed E-state index contributed by atoms with van der Waals surface area (Å²) in [5, 5.41) is 4.79. The third-order valence-corrected chi connectivity index (χ3v) is 7.14. The summed E-state index contributed by atoms with van der Waals surface area (Å²) in [6.45, 7) is 5.06. The molecule has 1 aliphatic rings. The summed E-state index contributed by atoms with van der Waals surface area (Å²) in [4.78, 5) is 31.8. The number of halogens is 1. The molecule has 2 aromatic carbocycles. The second kappa shape index (κ2) is 8.06. The Bertz CT molecular complexity index is 1340. The predicted molar refractivity (Wildman–Crippen MR) is 126 cm³/mol. The van der Waals surface area contributed by atoms with Crippen LogP contribution >= 0.6 is 11.3 Å². The van der Waals surface area contributed by atoms with Gasteiger partial charge in [-0.15, -0.1) is 11.3 Å². The molecule has 1 atom stereocenters. The van der Waals surface area contributed by atoms with Crippen LogP contribution in [-0.4, -0.2) is 40.8 Å². The molecule has 0 spiro atoms. The average Bonchev–Trinajstić information content (AvgIpc) is 3.48. The molecule has 164 valence electrons. The Morgan fingerprint density at radius 1 is 1.19 bits per heavy atom. The minimum atomic E-state index is -0.326. The first-order valence-corrected chi connectivity index (χ1v) is 11.6. The molecule has 1 aliphatic heterocycles. The van der Waals surface area contributed by atoms with Crippen LogP contribution in [0.4, 0.5) is 4.39 Å². The lowest BCUT2D eigenvalue weighted by atomic mass is 9.95. The average molecular weight is 450 g/mol. The number of carbonyl (C=O) groups excluding carboxylic acids is 2.